The smallest absolute Gasteiger partial charge is 0.335 e. The van der Waals surface area contributed by atoms with Crippen LogP contribution < -0.4 is 15.8 Å². The van der Waals surface area contributed by atoms with E-state index in [0.29, 0.717) is 24.4 Å². The van der Waals surface area contributed by atoms with Gasteiger partial charge in [-0.05, 0) is 44.4 Å². The molecule has 5 N–H and O–H groups in total. The zero-order chi connectivity index (χ0) is 20.0. The number of aromatic nitrogens is 2. The van der Waals surface area contributed by atoms with Crippen LogP contribution in [0, 0.1) is 6.92 Å². The Labute approximate surface area is 158 Å². The molecule has 0 aliphatic rings. The highest BCUT2D eigenvalue weighted by Crippen LogP contribution is 2.28. The van der Waals surface area contributed by atoms with Gasteiger partial charge in [0.2, 0.25) is 5.95 Å². The number of aliphatic hydroxyl groups excluding tert-OH is 1. The van der Waals surface area contributed by atoms with Crippen molar-refractivity contribution < 1.29 is 19.7 Å². The maximum absolute atomic E-state index is 11.2. The summed E-state index contributed by atoms with van der Waals surface area (Å²) in [6.07, 6.45) is 1.94. The molecule has 0 bridgehead atoms. The van der Waals surface area contributed by atoms with Crippen molar-refractivity contribution in [1.29, 1.82) is 0 Å². The number of aromatic carboxylic acids is 1. The summed E-state index contributed by atoms with van der Waals surface area (Å²) in [5.74, 6) is 0.299. The van der Waals surface area contributed by atoms with Gasteiger partial charge in [-0.3, -0.25) is 0 Å². The van der Waals surface area contributed by atoms with Crippen LogP contribution in [0.25, 0.3) is 0 Å². The first-order valence-electron chi connectivity index (χ1n) is 8.76. The van der Waals surface area contributed by atoms with Crippen LogP contribution in [0.15, 0.2) is 18.2 Å². The van der Waals surface area contributed by atoms with E-state index in [2.05, 4.69) is 15.3 Å². The molecule has 8 nitrogen and oxygen atoms in total. The summed E-state index contributed by atoms with van der Waals surface area (Å²) in [5, 5.41) is 21.5. The number of aryl methyl sites for hydroxylation is 1. The molecule has 0 fully saturated rings. The molecule has 0 aliphatic heterocycles. The van der Waals surface area contributed by atoms with Gasteiger partial charge in [0.15, 0.2) is 0 Å². The number of benzene rings is 1. The van der Waals surface area contributed by atoms with Gasteiger partial charge in [-0.25, -0.2) is 9.78 Å². The Morgan fingerprint density at radius 2 is 2.11 bits per heavy atom. The second-order valence-electron chi connectivity index (χ2n) is 6.41. The summed E-state index contributed by atoms with van der Waals surface area (Å²) in [5.41, 5.74) is 8.40. The monoisotopic (exact) mass is 374 g/mol. The van der Waals surface area contributed by atoms with Gasteiger partial charge in [0, 0.05) is 30.3 Å². The highest BCUT2D eigenvalue weighted by molar-refractivity contribution is 5.88. The number of hydrogen-bond donors (Lipinski definition) is 4. The Morgan fingerprint density at radius 3 is 2.74 bits per heavy atom. The zero-order valence-corrected chi connectivity index (χ0v) is 15.8. The van der Waals surface area contributed by atoms with Crippen molar-refractivity contribution in [1.82, 2.24) is 9.97 Å². The van der Waals surface area contributed by atoms with E-state index in [1.165, 1.54) is 13.2 Å². The topological polar surface area (TPSA) is 131 Å². The lowest BCUT2D eigenvalue weighted by atomic mass is 10.0. The number of nitrogens with zero attached hydrogens (tertiary/aromatic N) is 2. The highest BCUT2D eigenvalue weighted by Gasteiger charge is 2.16. The Morgan fingerprint density at radius 1 is 1.37 bits per heavy atom. The second kappa shape index (κ2) is 9.18. The normalized spacial score (nSPS) is 11.9. The third kappa shape index (κ3) is 5.30. The molecule has 1 heterocycles. The number of rotatable bonds is 9. The van der Waals surface area contributed by atoms with Gasteiger partial charge in [0.1, 0.15) is 11.6 Å². The number of nitrogen functional groups attached to an aromatic ring is 1. The van der Waals surface area contributed by atoms with Crippen molar-refractivity contribution in [2.75, 3.05) is 24.8 Å². The Bertz CT molecular complexity index is 811. The highest BCUT2D eigenvalue weighted by atomic mass is 16.5. The number of carbonyl (C=O) groups is 1. The van der Waals surface area contributed by atoms with E-state index in [9.17, 15) is 4.79 Å². The molecule has 27 heavy (non-hydrogen) atoms. The molecule has 2 aromatic rings. The summed E-state index contributed by atoms with van der Waals surface area (Å²) in [6.45, 7) is 4.00. The fourth-order valence-corrected chi connectivity index (χ4v) is 2.87. The second-order valence-corrected chi connectivity index (χ2v) is 6.41. The number of carboxylic acids is 1. The molecule has 0 saturated carbocycles. The maximum Gasteiger partial charge on any atom is 0.335 e. The molecule has 1 unspecified atom stereocenters. The van der Waals surface area contributed by atoms with Crippen LogP contribution in [0.4, 0.5) is 11.8 Å². The minimum Gasteiger partial charge on any atom is -0.496 e. The standard InChI is InChI=1S/C19H26N4O4/c1-11(5-4-8-24)21-17-15(12(2)22-19(20)23-17)9-13-6-7-14(18(25)26)10-16(13)27-3/h6-7,10-11,24H,4-5,8-9H2,1-3H3,(H,25,26)(H3,20,21,22,23). The average molecular weight is 374 g/mol. The van der Waals surface area contributed by atoms with Crippen LogP contribution in [-0.4, -0.2) is 45.9 Å². The predicted molar refractivity (Wildman–Crippen MR) is 103 cm³/mol. The van der Waals surface area contributed by atoms with Crippen LogP contribution in [0.1, 0.15) is 46.9 Å². The minimum atomic E-state index is -1.01. The van der Waals surface area contributed by atoms with Gasteiger partial charge < -0.3 is 26.0 Å². The fraction of sp³-hybridized carbons (Fsp3) is 0.421. The van der Waals surface area contributed by atoms with Crippen LogP contribution in [0.2, 0.25) is 0 Å². The van der Waals surface area contributed by atoms with E-state index in [1.807, 2.05) is 13.8 Å². The number of aliphatic hydroxyl groups is 1. The van der Waals surface area contributed by atoms with Crippen LogP contribution >= 0.6 is 0 Å². The lowest BCUT2D eigenvalue weighted by Gasteiger charge is -2.19. The van der Waals surface area contributed by atoms with E-state index in [-0.39, 0.29) is 24.2 Å². The van der Waals surface area contributed by atoms with Crippen LogP contribution in [0.3, 0.4) is 0 Å². The van der Waals surface area contributed by atoms with Crippen molar-refractivity contribution in [3.63, 3.8) is 0 Å². The van der Waals surface area contributed by atoms with Gasteiger partial charge in [0.05, 0.1) is 12.7 Å². The summed E-state index contributed by atoms with van der Waals surface area (Å²) < 4.78 is 5.37. The van der Waals surface area contributed by atoms with E-state index < -0.39 is 5.97 Å². The van der Waals surface area contributed by atoms with Gasteiger partial charge in [0.25, 0.3) is 0 Å². The molecule has 0 spiro atoms. The number of carboxylic acid groups (broad SMARTS) is 1. The summed E-state index contributed by atoms with van der Waals surface area (Å²) in [7, 11) is 1.51. The molecule has 1 aromatic carbocycles. The zero-order valence-electron chi connectivity index (χ0n) is 15.8. The third-order valence-electron chi connectivity index (χ3n) is 4.31. The molecular formula is C19H26N4O4. The number of nitrogens with one attached hydrogen (secondary N) is 1. The minimum absolute atomic E-state index is 0.0980. The van der Waals surface area contributed by atoms with Crippen molar-refractivity contribution >= 4 is 17.7 Å². The van der Waals surface area contributed by atoms with Crippen molar-refractivity contribution in [2.24, 2.45) is 0 Å². The quantitative estimate of drug-likeness (QED) is 0.526. The van der Waals surface area contributed by atoms with Crippen molar-refractivity contribution in [2.45, 2.75) is 39.2 Å². The average Bonchev–Trinajstić information content (AvgIpc) is 2.62. The molecule has 146 valence electrons. The fourth-order valence-electron chi connectivity index (χ4n) is 2.87. The number of ether oxygens (including phenoxy) is 1. The van der Waals surface area contributed by atoms with E-state index >= 15 is 0 Å². The summed E-state index contributed by atoms with van der Waals surface area (Å²) in [6, 6.07) is 4.88. The molecule has 1 aromatic heterocycles. The van der Waals surface area contributed by atoms with Gasteiger partial charge in [-0.2, -0.15) is 4.98 Å². The number of nitrogens with two attached hydrogens (primary N) is 1. The molecule has 1 atom stereocenters. The molecule has 0 radical (unpaired) electrons. The summed E-state index contributed by atoms with van der Waals surface area (Å²) in [4.78, 5) is 19.8. The molecular weight excluding hydrogens is 348 g/mol. The van der Waals surface area contributed by atoms with Gasteiger partial charge in [-0.15, -0.1) is 0 Å². The first kappa shape index (κ1) is 20.4. The SMILES string of the molecule is COc1cc(C(=O)O)ccc1Cc1c(C)nc(N)nc1NC(C)CCCO. The Hall–Kier alpha value is -2.87. The molecule has 0 saturated heterocycles. The largest absolute Gasteiger partial charge is 0.496 e. The van der Waals surface area contributed by atoms with Gasteiger partial charge in [-0.1, -0.05) is 6.07 Å². The third-order valence-corrected chi connectivity index (χ3v) is 4.31. The van der Waals surface area contributed by atoms with Gasteiger partial charge >= 0.3 is 5.97 Å². The maximum atomic E-state index is 11.2. The molecule has 0 amide bonds. The predicted octanol–water partition coefficient (Wildman–Crippen LogP) is 2.24. The first-order chi connectivity index (χ1) is 12.8. The number of hydrogen-bond acceptors (Lipinski definition) is 7. The van der Waals surface area contributed by atoms with Crippen LogP contribution in [-0.2, 0) is 6.42 Å². The number of anilines is 2. The van der Waals surface area contributed by atoms with Crippen molar-refractivity contribution in [3.05, 3.63) is 40.6 Å². The lowest BCUT2D eigenvalue weighted by Crippen LogP contribution is -2.19. The molecule has 0 aliphatic carbocycles. The van der Waals surface area contributed by atoms with E-state index in [0.717, 1.165) is 23.2 Å². The molecule has 8 heteroatoms. The lowest BCUT2D eigenvalue weighted by molar-refractivity contribution is 0.0696. The van der Waals surface area contributed by atoms with Crippen molar-refractivity contribution in [3.8, 4) is 5.75 Å². The van der Waals surface area contributed by atoms with E-state index in [4.69, 9.17) is 20.7 Å². The summed E-state index contributed by atoms with van der Waals surface area (Å²) >= 11 is 0. The van der Waals surface area contributed by atoms with E-state index in [1.54, 1.807) is 12.1 Å². The Balaban J connectivity index is 2.36. The first-order valence-corrected chi connectivity index (χ1v) is 8.76. The Kier molecular flexibility index (Phi) is 6.95. The number of methoxy groups -OCH3 is 1. The molecule has 2 rings (SSSR count). The van der Waals surface area contributed by atoms with Crippen LogP contribution in [0.5, 0.6) is 5.75 Å².